The van der Waals surface area contributed by atoms with Crippen molar-refractivity contribution in [1.29, 1.82) is 0 Å². The summed E-state index contributed by atoms with van der Waals surface area (Å²) in [5.74, 6) is 0. The second-order valence-electron chi connectivity index (χ2n) is 13.6. The normalized spacial score (nSPS) is 13.4. The zero-order chi connectivity index (χ0) is 34.8. The minimum absolute atomic E-state index is 1.01. The molecule has 248 valence electrons. The summed E-state index contributed by atoms with van der Waals surface area (Å²) in [6, 6.07) is 48.8. The lowest BCUT2D eigenvalue weighted by Gasteiger charge is -2.15. The van der Waals surface area contributed by atoms with Crippen molar-refractivity contribution in [2.24, 2.45) is 0 Å². The molecule has 3 nitrogen and oxygen atoms in total. The number of para-hydroxylation sites is 3. The first-order valence-corrected chi connectivity index (χ1v) is 18.2. The third-order valence-electron chi connectivity index (χ3n) is 10.8. The molecule has 6 aromatic carbocycles. The first-order valence-electron chi connectivity index (χ1n) is 18.2. The summed E-state index contributed by atoms with van der Waals surface area (Å²) in [4.78, 5) is 0. The standard InChI is InChI=1S/C49H37N3/c1-3-15-42-38(4-2)48-45(50(42)35-16-7-5-8-17-35)30-31-46-49(48)41-21-12-14-23-44(41)51(46)37-27-24-33(25-28-37)34-26-29-40-39-20-11-13-22-43(39)52(47(40)32-34)36-18-9-6-10-19-36/h3-7,9-16,18-32H,2,8,17H2,1H3/b15-3-. The Labute approximate surface area is 303 Å². The maximum absolute atomic E-state index is 4.34. The quantitative estimate of drug-likeness (QED) is 0.168. The third-order valence-corrected chi connectivity index (χ3v) is 10.8. The van der Waals surface area contributed by atoms with Crippen molar-refractivity contribution >= 4 is 72.4 Å². The van der Waals surface area contributed by atoms with Gasteiger partial charge in [0.2, 0.25) is 0 Å². The van der Waals surface area contributed by atoms with Crippen molar-refractivity contribution in [1.82, 2.24) is 13.7 Å². The zero-order valence-corrected chi connectivity index (χ0v) is 29.1. The molecule has 3 aromatic heterocycles. The summed E-state index contributed by atoms with van der Waals surface area (Å²) in [6.45, 7) is 6.43. The predicted octanol–water partition coefficient (Wildman–Crippen LogP) is 13.4. The van der Waals surface area contributed by atoms with E-state index in [0.29, 0.717) is 0 Å². The van der Waals surface area contributed by atoms with Gasteiger partial charge >= 0.3 is 0 Å². The van der Waals surface area contributed by atoms with Gasteiger partial charge in [0, 0.05) is 49.6 Å². The molecule has 0 atom stereocenters. The molecule has 0 fully saturated rings. The molecule has 3 heteroatoms. The van der Waals surface area contributed by atoms with Crippen molar-refractivity contribution < 1.29 is 0 Å². The highest BCUT2D eigenvalue weighted by Crippen LogP contribution is 2.43. The van der Waals surface area contributed by atoms with Crippen molar-refractivity contribution in [3.05, 3.63) is 176 Å². The van der Waals surface area contributed by atoms with Crippen LogP contribution in [0.5, 0.6) is 0 Å². The van der Waals surface area contributed by atoms with Crippen LogP contribution in [0.3, 0.4) is 0 Å². The highest BCUT2D eigenvalue weighted by Gasteiger charge is 2.23. The van der Waals surface area contributed by atoms with E-state index in [1.165, 1.54) is 88.3 Å². The van der Waals surface area contributed by atoms with E-state index in [1.807, 2.05) is 6.08 Å². The zero-order valence-electron chi connectivity index (χ0n) is 29.1. The maximum Gasteiger partial charge on any atom is 0.0548 e. The summed E-state index contributed by atoms with van der Waals surface area (Å²) < 4.78 is 7.26. The monoisotopic (exact) mass is 667 g/mol. The second-order valence-corrected chi connectivity index (χ2v) is 13.6. The van der Waals surface area contributed by atoms with Gasteiger partial charge in [-0.15, -0.1) is 0 Å². The van der Waals surface area contributed by atoms with Crippen molar-refractivity contribution in [2.75, 3.05) is 0 Å². The van der Waals surface area contributed by atoms with Crippen molar-refractivity contribution in [3.8, 4) is 22.5 Å². The molecule has 10 rings (SSSR count). The second kappa shape index (κ2) is 12.0. The molecule has 0 unspecified atom stereocenters. The van der Waals surface area contributed by atoms with E-state index in [1.54, 1.807) is 0 Å². The Hall–Kier alpha value is -6.58. The average Bonchev–Trinajstić information content (AvgIpc) is 3.83. The molecule has 3 heterocycles. The number of rotatable bonds is 6. The van der Waals surface area contributed by atoms with Crippen LogP contribution in [0.2, 0.25) is 0 Å². The summed E-state index contributed by atoms with van der Waals surface area (Å²) in [5.41, 5.74) is 14.4. The average molecular weight is 668 g/mol. The van der Waals surface area contributed by atoms with E-state index in [4.69, 9.17) is 0 Å². The van der Waals surface area contributed by atoms with Gasteiger partial charge in [0.1, 0.15) is 0 Å². The van der Waals surface area contributed by atoms with E-state index >= 15 is 0 Å². The molecule has 9 aromatic rings. The van der Waals surface area contributed by atoms with Gasteiger partial charge in [-0.3, -0.25) is 0 Å². The molecule has 1 aliphatic carbocycles. The van der Waals surface area contributed by atoms with Gasteiger partial charge in [0.15, 0.2) is 0 Å². The van der Waals surface area contributed by atoms with Crippen LogP contribution < -0.4 is 0 Å². The summed E-state index contributed by atoms with van der Waals surface area (Å²) in [6.07, 6.45) is 15.2. The highest BCUT2D eigenvalue weighted by atomic mass is 15.0. The molecule has 52 heavy (non-hydrogen) atoms. The number of benzene rings is 6. The summed E-state index contributed by atoms with van der Waals surface area (Å²) >= 11 is 0. The fourth-order valence-electron chi connectivity index (χ4n) is 8.59. The van der Waals surface area contributed by atoms with Crippen molar-refractivity contribution in [2.45, 2.75) is 19.8 Å². The van der Waals surface area contributed by atoms with Crippen LogP contribution in [0.4, 0.5) is 0 Å². The van der Waals surface area contributed by atoms with Crippen LogP contribution in [-0.2, 0) is 0 Å². The summed E-state index contributed by atoms with van der Waals surface area (Å²) in [5, 5.41) is 6.30. The predicted molar refractivity (Wildman–Crippen MR) is 223 cm³/mol. The van der Waals surface area contributed by atoms with Crippen LogP contribution in [0, 0.1) is 0 Å². The first-order chi connectivity index (χ1) is 25.7. The Kier molecular flexibility index (Phi) is 7.00. The number of aromatic nitrogens is 3. The molecule has 0 N–H and O–H groups in total. The lowest BCUT2D eigenvalue weighted by molar-refractivity contribution is 0.957. The van der Waals surface area contributed by atoms with Crippen LogP contribution in [0.15, 0.2) is 164 Å². The third kappa shape index (κ3) is 4.46. The minimum Gasteiger partial charge on any atom is -0.313 e. The molecule has 0 saturated carbocycles. The van der Waals surface area contributed by atoms with Crippen LogP contribution in [-0.4, -0.2) is 13.7 Å². The Balaban J connectivity index is 1.15. The van der Waals surface area contributed by atoms with E-state index in [0.717, 1.165) is 18.5 Å². The van der Waals surface area contributed by atoms with Gasteiger partial charge in [-0.1, -0.05) is 110 Å². The van der Waals surface area contributed by atoms with Gasteiger partial charge in [-0.05, 0) is 97.6 Å². The van der Waals surface area contributed by atoms with E-state index < -0.39 is 0 Å². The number of allylic oxidation sites excluding steroid dienone is 5. The SMILES string of the molecule is C=Cc1c(/C=C\C)n(C2=CC=CCC2)c2ccc3c(c4ccccc4n3-c3ccc(-c4ccc5c6ccccc6n(-c6ccccc6)c5c4)cc3)c12. The van der Waals surface area contributed by atoms with Crippen molar-refractivity contribution in [3.63, 3.8) is 0 Å². The van der Waals surface area contributed by atoms with E-state index in [2.05, 4.69) is 191 Å². The molecule has 0 saturated heterocycles. The highest BCUT2D eigenvalue weighted by molar-refractivity contribution is 6.24. The molecule has 1 aliphatic rings. The Morgan fingerprint density at radius 3 is 1.92 bits per heavy atom. The Bertz CT molecular complexity index is 2960. The van der Waals surface area contributed by atoms with Gasteiger partial charge in [0.25, 0.3) is 0 Å². The number of hydrogen-bond acceptors (Lipinski definition) is 0. The fourth-order valence-corrected chi connectivity index (χ4v) is 8.59. The number of hydrogen-bond donors (Lipinski definition) is 0. The molecule has 0 aliphatic heterocycles. The van der Waals surface area contributed by atoms with E-state index in [-0.39, 0.29) is 0 Å². The molecule has 0 bridgehead atoms. The Morgan fingerprint density at radius 1 is 0.558 bits per heavy atom. The topological polar surface area (TPSA) is 14.8 Å². The lowest BCUT2D eigenvalue weighted by Crippen LogP contribution is -2.01. The van der Waals surface area contributed by atoms with Gasteiger partial charge in [-0.25, -0.2) is 0 Å². The van der Waals surface area contributed by atoms with Crippen LogP contribution >= 0.6 is 0 Å². The lowest BCUT2D eigenvalue weighted by atomic mass is 10.0. The molecule has 0 radical (unpaired) electrons. The smallest absolute Gasteiger partial charge is 0.0548 e. The van der Waals surface area contributed by atoms with Gasteiger partial charge in [0.05, 0.1) is 33.3 Å². The van der Waals surface area contributed by atoms with Crippen LogP contribution in [0.25, 0.3) is 94.9 Å². The van der Waals surface area contributed by atoms with Gasteiger partial charge < -0.3 is 13.7 Å². The van der Waals surface area contributed by atoms with Gasteiger partial charge in [-0.2, -0.15) is 0 Å². The maximum atomic E-state index is 4.34. The molecule has 0 amide bonds. The number of nitrogens with zero attached hydrogens (tertiary/aromatic N) is 3. The molecular formula is C49H37N3. The first kappa shape index (κ1) is 30.3. The molecular weight excluding hydrogens is 631 g/mol. The van der Waals surface area contributed by atoms with Crippen LogP contribution in [0.1, 0.15) is 31.0 Å². The van der Waals surface area contributed by atoms with E-state index in [9.17, 15) is 0 Å². The molecule has 0 spiro atoms. The number of fused-ring (bicyclic) bond motifs is 8. The minimum atomic E-state index is 1.01. The fraction of sp³-hybridized carbons (Fsp3) is 0.0612. The Morgan fingerprint density at radius 2 is 1.19 bits per heavy atom. The summed E-state index contributed by atoms with van der Waals surface area (Å²) in [7, 11) is 0. The largest absolute Gasteiger partial charge is 0.313 e.